The number of carboxylic acid groups (broad SMARTS) is 1. The molecule has 21 heavy (non-hydrogen) atoms. The predicted molar refractivity (Wildman–Crippen MR) is 87.5 cm³/mol. The number of carbonyl (C=O) groups is 2. The average molecular weight is 377 g/mol. The van der Waals surface area contributed by atoms with Crippen LogP contribution in [0.2, 0.25) is 0 Å². The molecule has 0 radical (unpaired) electrons. The van der Waals surface area contributed by atoms with Crippen LogP contribution in [0.15, 0.2) is 15.9 Å². The summed E-state index contributed by atoms with van der Waals surface area (Å²) in [6, 6.07) is 1.67. The van der Waals surface area contributed by atoms with Crippen molar-refractivity contribution in [3.05, 3.63) is 20.8 Å². The van der Waals surface area contributed by atoms with E-state index in [1.54, 1.807) is 11.3 Å². The summed E-state index contributed by atoms with van der Waals surface area (Å²) in [6.07, 6.45) is 0.859. The van der Waals surface area contributed by atoms with Crippen LogP contribution in [-0.4, -0.2) is 23.7 Å². The van der Waals surface area contributed by atoms with E-state index in [1.807, 2.05) is 25.3 Å². The Morgan fingerprint density at radius 1 is 1.38 bits per heavy atom. The summed E-state index contributed by atoms with van der Waals surface area (Å²) in [5.41, 5.74) is 0. The Hall–Kier alpha value is -1.08. The lowest BCUT2D eigenvalue weighted by Crippen LogP contribution is -2.38. The van der Waals surface area contributed by atoms with Crippen LogP contribution in [0.3, 0.4) is 0 Å². The monoisotopic (exact) mass is 376 g/mol. The van der Waals surface area contributed by atoms with Gasteiger partial charge in [-0.3, -0.25) is 4.79 Å². The highest BCUT2D eigenvalue weighted by atomic mass is 79.9. The maximum Gasteiger partial charge on any atom is 0.315 e. The Morgan fingerprint density at radius 2 is 2.10 bits per heavy atom. The van der Waals surface area contributed by atoms with Crippen molar-refractivity contribution >= 4 is 39.3 Å². The Morgan fingerprint density at radius 3 is 2.62 bits per heavy atom. The molecule has 0 aliphatic rings. The standard InChI is InChI=1S/C14H21BrN2O3S/c1-9(2)5-10(6-13(18)19)7-16-14(20)17-8-12-11(15)3-4-21-12/h3-4,9-10H,5-8H2,1-2H3,(H,18,19)(H2,16,17,20). The molecular formula is C14H21BrN2O3S. The van der Waals surface area contributed by atoms with Crippen molar-refractivity contribution in [3.8, 4) is 0 Å². The number of halogens is 1. The molecule has 1 rings (SSSR count). The third-order valence-corrected chi connectivity index (χ3v) is 4.85. The first-order chi connectivity index (χ1) is 9.88. The van der Waals surface area contributed by atoms with Gasteiger partial charge in [-0.2, -0.15) is 0 Å². The van der Waals surface area contributed by atoms with Crippen molar-refractivity contribution in [2.75, 3.05) is 6.54 Å². The lowest BCUT2D eigenvalue weighted by Gasteiger charge is -2.18. The molecule has 7 heteroatoms. The Bertz CT molecular complexity index is 477. The molecule has 0 aromatic carbocycles. The predicted octanol–water partition coefficient (Wildman–Crippen LogP) is 3.45. The van der Waals surface area contributed by atoms with Crippen LogP contribution in [0.5, 0.6) is 0 Å². The van der Waals surface area contributed by atoms with Crippen LogP contribution < -0.4 is 10.6 Å². The third kappa shape index (κ3) is 7.47. The number of thiophene rings is 1. The highest BCUT2D eigenvalue weighted by Gasteiger charge is 2.16. The first-order valence-corrected chi connectivity index (χ1v) is 8.51. The Labute approximate surface area is 137 Å². The van der Waals surface area contributed by atoms with Crippen LogP contribution in [-0.2, 0) is 11.3 Å². The second kappa shape index (κ2) is 9.04. The lowest BCUT2D eigenvalue weighted by molar-refractivity contribution is -0.138. The average Bonchev–Trinajstić information content (AvgIpc) is 2.77. The quantitative estimate of drug-likeness (QED) is 0.649. The van der Waals surface area contributed by atoms with Gasteiger partial charge >= 0.3 is 12.0 Å². The van der Waals surface area contributed by atoms with Crippen molar-refractivity contribution < 1.29 is 14.7 Å². The van der Waals surface area contributed by atoms with Crippen molar-refractivity contribution in [1.29, 1.82) is 0 Å². The largest absolute Gasteiger partial charge is 0.481 e. The lowest BCUT2D eigenvalue weighted by atomic mass is 9.94. The van der Waals surface area contributed by atoms with Crippen LogP contribution in [0.1, 0.15) is 31.6 Å². The minimum absolute atomic E-state index is 0.0401. The number of rotatable bonds is 8. The summed E-state index contributed by atoms with van der Waals surface area (Å²) in [6.45, 7) is 4.92. The molecule has 0 fully saturated rings. The maximum absolute atomic E-state index is 11.7. The Kier molecular flexibility index (Phi) is 7.74. The smallest absolute Gasteiger partial charge is 0.315 e. The van der Waals surface area contributed by atoms with Gasteiger partial charge in [-0.25, -0.2) is 4.79 Å². The van der Waals surface area contributed by atoms with E-state index in [-0.39, 0.29) is 18.4 Å². The number of aliphatic carboxylic acids is 1. The topological polar surface area (TPSA) is 78.4 Å². The molecule has 1 heterocycles. The minimum atomic E-state index is -0.828. The van der Waals surface area contributed by atoms with Gasteiger partial charge < -0.3 is 15.7 Å². The summed E-state index contributed by atoms with van der Waals surface area (Å²) >= 11 is 4.97. The minimum Gasteiger partial charge on any atom is -0.481 e. The summed E-state index contributed by atoms with van der Waals surface area (Å²) in [7, 11) is 0. The third-order valence-electron chi connectivity index (χ3n) is 2.92. The number of carbonyl (C=O) groups excluding carboxylic acids is 1. The zero-order valence-corrected chi connectivity index (χ0v) is 14.6. The Balaban J connectivity index is 2.35. The van der Waals surface area contributed by atoms with E-state index in [0.717, 1.165) is 15.8 Å². The fourth-order valence-corrected chi connectivity index (χ4v) is 3.50. The van der Waals surface area contributed by atoms with Gasteiger partial charge in [0, 0.05) is 22.3 Å². The molecule has 0 bridgehead atoms. The van der Waals surface area contributed by atoms with E-state index in [0.29, 0.717) is 19.0 Å². The van der Waals surface area contributed by atoms with E-state index in [9.17, 15) is 9.59 Å². The summed E-state index contributed by atoms with van der Waals surface area (Å²) in [4.78, 5) is 23.6. The number of hydrogen-bond donors (Lipinski definition) is 3. The molecule has 1 aromatic rings. The van der Waals surface area contributed by atoms with Gasteiger partial charge in [-0.05, 0) is 45.6 Å². The fraction of sp³-hybridized carbons (Fsp3) is 0.571. The molecule has 2 amide bonds. The van der Waals surface area contributed by atoms with E-state index in [1.165, 1.54) is 0 Å². The second-order valence-electron chi connectivity index (χ2n) is 5.35. The van der Waals surface area contributed by atoms with Crippen molar-refractivity contribution in [2.24, 2.45) is 11.8 Å². The van der Waals surface area contributed by atoms with E-state index in [4.69, 9.17) is 5.11 Å². The van der Waals surface area contributed by atoms with Gasteiger partial charge in [0.15, 0.2) is 0 Å². The highest BCUT2D eigenvalue weighted by Crippen LogP contribution is 2.22. The van der Waals surface area contributed by atoms with Crippen LogP contribution in [0.4, 0.5) is 4.79 Å². The maximum atomic E-state index is 11.7. The molecule has 1 aromatic heterocycles. The number of urea groups is 1. The normalized spacial score (nSPS) is 12.2. The van der Waals surface area contributed by atoms with Crippen LogP contribution in [0, 0.1) is 11.8 Å². The molecular weight excluding hydrogens is 356 g/mol. The van der Waals surface area contributed by atoms with Gasteiger partial charge in [0.25, 0.3) is 0 Å². The summed E-state index contributed by atoms with van der Waals surface area (Å²) < 4.78 is 0.983. The first kappa shape index (κ1) is 18.0. The molecule has 5 nitrogen and oxygen atoms in total. The first-order valence-electron chi connectivity index (χ1n) is 6.83. The van der Waals surface area contributed by atoms with Gasteiger partial charge in [0.1, 0.15) is 0 Å². The molecule has 0 aliphatic carbocycles. The molecule has 0 aliphatic heterocycles. The number of nitrogens with one attached hydrogen (secondary N) is 2. The van der Waals surface area contributed by atoms with Crippen LogP contribution in [0.25, 0.3) is 0 Å². The zero-order valence-electron chi connectivity index (χ0n) is 12.2. The summed E-state index contributed by atoms with van der Waals surface area (Å²) in [5, 5.41) is 16.4. The SMILES string of the molecule is CC(C)CC(CNC(=O)NCc1sccc1Br)CC(=O)O. The molecule has 0 saturated heterocycles. The zero-order chi connectivity index (χ0) is 15.8. The van der Waals surface area contributed by atoms with E-state index >= 15 is 0 Å². The van der Waals surface area contributed by atoms with Crippen molar-refractivity contribution in [2.45, 2.75) is 33.2 Å². The van der Waals surface area contributed by atoms with Crippen molar-refractivity contribution in [1.82, 2.24) is 10.6 Å². The molecule has 3 N–H and O–H groups in total. The molecule has 1 atom stereocenters. The molecule has 118 valence electrons. The highest BCUT2D eigenvalue weighted by molar-refractivity contribution is 9.10. The number of hydrogen-bond acceptors (Lipinski definition) is 3. The van der Waals surface area contributed by atoms with Crippen molar-refractivity contribution in [3.63, 3.8) is 0 Å². The summed E-state index contributed by atoms with van der Waals surface area (Å²) in [5.74, 6) is -0.464. The number of amides is 2. The molecule has 1 unspecified atom stereocenters. The van der Waals surface area contributed by atoms with Gasteiger partial charge in [0.05, 0.1) is 6.54 Å². The van der Waals surface area contributed by atoms with Gasteiger partial charge in [-0.1, -0.05) is 13.8 Å². The number of carboxylic acids is 1. The van der Waals surface area contributed by atoms with Gasteiger partial charge in [-0.15, -0.1) is 11.3 Å². The molecule has 0 spiro atoms. The van der Waals surface area contributed by atoms with Crippen LogP contribution >= 0.6 is 27.3 Å². The van der Waals surface area contributed by atoms with Gasteiger partial charge in [0.2, 0.25) is 0 Å². The second-order valence-corrected chi connectivity index (χ2v) is 7.20. The van der Waals surface area contributed by atoms with E-state index < -0.39 is 5.97 Å². The van der Waals surface area contributed by atoms with E-state index in [2.05, 4.69) is 26.6 Å². The molecule has 0 saturated carbocycles. The fourth-order valence-electron chi connectivity index (χ4n) is 2.06.